The fraction of sp³-hybridized carbons (Fsp3) is 0.900. The van der Waals surface area contributed by atoms with Gasteiger partial charge in [0.25, 0.3) is 0 Å². The standard InChI is InChI=1S/C20H36N2O5/c1-5-25-18(23)15-21-13-17(14-21)26-12-6-7-16-8-10-22(11-9-16)19(24)27-20(2,3)4/h16-17H,5-15H2,1-4H3. The monoisotopic (exact) mass is 384 g/mol. The first-order chi connectivity index (χ1) is 12.8. The van der Waals surface area contributed by atoms with Crippen LogP contribution in [0.2, 0.25) is 0 Å². The summed E-state index contributed by atoms with van der Waals surface area (Å²) in [4.78, 5) is 27.3. The Kier molecular flexibility index (Phi) is 8.35. The van der Waals surface area contributed by atoms with Gasteiger partial charge < -0.3 is 19.1 Å². The Hall–Kier alpha value is -1.34. The van der Waals surface area contributed by atoms with Crippen molar-refractivity contribution < 1.29 is 23.8 Å². The van der Waals surface area contributed by atoms with E-state index in [1.165, 1.54) is 0 Å². The molecule has 0 aromatic heterocycles. The fourth-order valence-electron chi connectivity index (χ4n) is 3.50. The van der Waals surface area contributed by atoms with E-state index in [1.807, 2.05) is 32.6 Å². The SMILES string of the molecule is CCOC(=O)CN1CC(OCCCC2CCN(C(=O)OC(C)(C)C)CC2)C1. The third kappa shape index (κ3) is 8.05. The summed E-state index contributed by atoms with van der Waals surface area (Å²) in [6.07, 6.45) is 4.31. The lowest BCUT2D eigenvalue weighted by molar-refractivity contribution is -0.148. The van der Waals surface area contributed by atoms with Crippen LogP contribution < -0.4 is 0 Å². The number of rotatable bonds is 8. The highest BCUT2D eigenvalue weighted by Gasteiger charge is 2.29. The minimum atomic E-state index is -0.432. The van der Waals surface area contributed by atoms with Gasteiger partial charge in [0.2, 0.25) is 0 Å². The van der Waals surface area contributed by atoms with Crippen molar-refractivity contribution in [3.05, 3.63) is 0 Å². The van der Waals surface area contributed by atoms with Gasteiger partial charge in [0.1, 0.15) is 5.60 Å². The molecule has 0 aromatic carbocycles. The number of hydrogen-bond donors (Lipinski definition) is 0. The maximum absolute atomic E-state index is 12.1. The van der Waals surface area contributed by atoms with Crippen LogP contribution in [0.25, 0.3) is 0 Å². The second kappa shape index (κ2) is 10.3. The zero-order valence-electron chi connectivity index (χ0n) is 17.4. The minimum absolute atomic E-state index is 0.159. The van der Waals surface area contributed by atoms with Crippen LogP contribution in [0, 0.1) is 5.92 Å². The molecular weight excluding hydrogens is 348 g/mol. The van der Waals surface area contributed by atoms with Crippen molar-refractivity contribution >= 4 is 12.1 Å². The zero-order valence-corrected chi connectivity index (χ0v) is 17.4. The van der Waals surface area contributed by atoms with E-state index in [4.69, 9.17) is 14.2 Å². The molecule has 2 aliphatic heterocycles. The van der Waals surface area contributed by atoms with Gasteiger partial charge in [-0.1, -0.05) is 0 Å². The van der Waals surface area contributed by atoms with Gasteiger partial charge >= 0.3 is 12.1 Å². The molecule has 0 aromatic rings. The zero-order chi connectivity index (χ0) is 19.9. The molecule has 0 unspecified atom stereocenters. The van der Waals surface area contributed by atoms with Crippen LogP contribution >= 0.6 is 0 Å². The van der Waals surface area contributed by atoms with Gasteiger partial charge in [-0.05, 0) is 59.3 Å². The Morgan fingerprint density at radius 1 is 1.11 bits per heavy atom. The third-order valence-electron chi connectivity index (χ3n) is 4.96. The summed E-state index contributed by atoms with van der Waals surface area (Å²) < 4.78 is 16.3. The Morgan fingerprint density at radius 2 is 1.78 bits per heavy atom. The minimum Gasteiger partial charge on any atom is -0.465 e. The summed E-state index contributed by atoms with van der Waals surface area (Å²) in [7, 11) is 0. The van der Waals surface area contributed by atoms with Gasteiger partial charge in [-0.2, -0.15) is 0 Å². The smallest absolute Gasteiger partial charge is 0.410 e. The highest BCUT2D eigenvalue weighted by molar-refractivity contribution is 5.71. The summed E-state index contributed by atoms with van der Waals surface area (Å²) in [5.74, 6) is 0.502. The summed E-state index contributed by atoms with van der Waals surface area (Å²) in [5, 5.41) is 0. The van der Waals surface area contributed by atoms with Crippen molar-refractivity contribution in [1.29, 1.82) is 0 Å². The van der Waals surface area contributed by atoms with Crippen molar-refractivity contribution in [2.45, 2.75) is 65.1 Å². The Labute approximate surface area is 163 Å². The molecule has 2 fully saturated rings. The van der Waals surface area contributed by atoms with Gasteiger partial charge in [-0.15, -0.1) is 0 Å². The molecule has 0 spiro atoms. The molecule has 0 saturated carbocycles. The summed E-state index contributed by atoms with van der Waals surface area (Å²) in [6, 6.07) is 0. The molecule has 2 rings (SSSR count). The molecule has 1 amide bonds. The predicted molar refractivity (Wildman–Crippen MR) is 103 cm³/mol. The number of carbonyl (C=O) groups is 2. The predicted octanol–water partition coefficient (Wildman–Crippen LogP) is 2.68. The van der Waals surface area contributed by atoms with Crippen LogP contribution in [0.1, 0.15) is 53.4 Å². The number of esters is 1. The topological polar surface area (TPSA) is 68.3 Å². The normalized spacial score (nSPS) is 19.6. The molecular formula is C20H36N2O5. The first-order valence-electron chi connectivity index (χ1n) is 10.2. The highest BCUT2D eigenvalue weighted by Crippen LogP contribution is 2.23. The van der Waals surface area contributed by atoms with Crippen LogP contribution in [0.4, 0.5) is 4.79 Å². The van der Waals surface area contributed by atoms with Gasteiger partial charge in [-0.25, -0.2) is 4.79 Å². The van der Waals surface area contributed by atoms with Crippen molar-refractivity contribution in [3.63, 3.8) is 0 Å². The molecule has 0 radical (unpaired) electrons. The number of hydrogen-bond acceptors (Lipinski definition) is 6. The van der Waals surface area contributed by atoms with Crippen LogP contribution in [0.15, 0.2) is 0 Å². The van der Waals surface area contributed by atoms with E-state index in [0.29, 0.717) is 19.1 Å². The van der Waals surface area contributed by atoms with E-state index in [-0.39, 0.29) is 18.2 Å². The number of nitrogens with zero attached hydrogens (tertiary/aromatic N) is 2. The maximum atomic E-state index is 12.1. The molecule has 2 heterocycles. The molecule has 2 aliphatic rings. The Balaban J connectivity index is 1.49. The van der Waals surface area contributed by atoms with Crippen molar-refractivity contribution in [2.75, 3.05) is 45.9 Å². The van der Waals surface area contributed by atoms with E-state index >= 15 is 0 Å². The second-order valence-electron chi connectivity index (χ2n) is 8.54. The number of amides is 1. The first kappa shape index (κ1) is 22.0. The largest absolute Gasteiger partial charge is 0.465 e. The van der Waals surface area contributed by atoms with E-state index in [9.17, 15) is 9.59 Å². The molecule has 156 valence electrons. The van der Waals surface area contributed by atoms with Gasteiger partial charge in [0, 0.05) is 32.8 Å². The van der Waals surface area contributed by atoms with Crippen LogP contribution in [-0.4, -0.2) is 79.5 Å². The van der Waals surface area contributed by atoms with Crippen LogP contribution in [0.5, 0.6) is 0 Å². The molecule has 0 bridgehead atoms. The fourth-order valence-corrected chi connectivity index (χ4v) is 3.50. The number of piperidine rings is 1. The van der Waals surface area contributed by atoms with E-state index in [0.717, 1.165) is 58.5 Å². The highest BCUT2D eigenvalue weighted by atomic mass is 16.6. The second-order valence-corrected chi connectivity index (χ2v) is 8.54. The number of carbonyl (C=O) groups excluding carboxylic acids is 2. The Bertz CT molecular complexity index is 477. The number of likely N-dealkylation sites (tertiary alicyclic amines) is 2. The molecule has 0 N–H and O–H groups in total. The quantitative estimate of drug-likeness (QED) is 0.473. The molecule has 27 heavy (non-hydrogen) atoms. The third-order valence-corrected chi connectivity index (χ3v) is 4.96. The summed E-state index contributed by atoms with van der Waals surface area (Å²) in [6.45, 7) is 12.3. The van der Waals surface area contributed by atoms with Crippen LogP contribution in [0.3, 0.4) is 0 Å². The van der Waals surface area contributed by atoms with Gasteiger partial charge in [0.15, 0.2) is 0 Å². The average Bonchev–Trinajstić information content (AvgIpc) is 2.55. The van der Waals surface area contributed by atoms with Crippen molar-refractivity contribution in [2.24, 2.45) is 5.92 Å². The van der Waals surface area contributed by atoms with E-state index in [2.05, 4.69) is 4.90 Å². The molecule has 0 aliphatic carbocycles. The molecule has 0 atom stereocenters. The van der Waals surface area contributed by atoms with Crippen molar-refractivity contribution in [3.8, 4) is 0 Å². The lowest BCUT2D eigenvalue weighted by Gasteiger charge is -2.38. The van der Waals surface area contributed by atoms with Crippen LogP contribution in [-0.2, 0) is 19.0 Å². The van der Waals surface area contributed by atoms with Crippen molar-refractivity contribution in [1.82, 2.24) is 9.80 Å². The summed E-state index contributed by atoms with van der Waals surface area (Å²) in [5.41, 5.74) is -0.432. The maximum Gasteiger partial charge on any atom is 0.410 e. The number of ether oxygens (including phenoxy) is 3. The van der Waals surface area contributed by atoms with Gasteiger partial charge in [0.05, 0.1) is 19.3 Å². The average molecular weight is 385 g/mol. The van der Waals surface area contributed by atoms with Gasteiger partial charge in [-0.3, -0.25) is 9.69 Å². The Morgan fingerprint density at radius 3 is 2.37 bits per heavy atom. The lowest BCUT2D eigenvalue weighted by Crippen LogP contribution is -2.54. The summed E-state index contributed by atoms with van der Waals surface area (Å²) >= 11 is 0. The first-order valence-corrected chi connectivity index (χ1v) is 10.2. The molecule has 2 saturated heterocycles. The molecule has 7 heteroatoms. The molecule has 7 nitrogen and oxygen atoms in total. The van der Waals surface area contributed by atoms with E-state index in [1.54, 1.807) is 0 Å². The lowest BCUT2D eigenvalue weighted by atomic mass is 9.92. The van der Waals surface area contributed by atoms with E-state index < -0.39 is 5.60 Å².